The van der Waals surface area contributed by atoms with Crippen LogP contribution in [0.15, 0.2) is 0 Å². The molecule has 0 spiro atoms. The Morgan fingerprint density at radius 3 is 2.52 bits per heavy atom. The molecule has 2 unspecified atom stereocenters. The van der Waals surface area contributed by atoms with Gasteiger partial charge in [0.15, 0.2) is 0 Å². The highest BCUT2D eigenvalue weighted by molar-refractivity contribution is 5.74. The lowest BCUT2D eigenvalue weighted by Crippen LogP contribution is -2.52. The van der Waals surface area contributed by atoms with Gasteiger partial charge < -0.3 is 25.5 Å². The lowest BCUT2D eigenvalue weighted by molar-refractivity contribution is 0.00777. The third kappa shape index (κ3) is 7.50. The minimum absolute atomic E-state index is 0.155. The number of carbonyl (C=O) groups is 1. The predicted octanol–water partition coefficient (Wildman–Crippen LogP) is 1.11. The third-order valence-electron chi connectivity index (χ3n) is 5.07. The Bertz CT molecular complexity index is 353. The van der Waals surface area contributed by atoms with Gasteiger partial charge in [-0.15, -0.1) is 0 Å². The number of nitrogens with zero attached hydrogens (tertiary/aromatic N) is 2. The molecule has 1 fully saturated rings. The highest BCUT2D eigenvalue weighted by Gasteiger charge is 2.28. The van der Waals surface area contributed by atoms with Crippen LogP contribution in [0.4, 0.5) is 4.79 Å². The number of likely N-dealkylation sites (tertiary alicyclic amines) is 1. The van der Waals surface area contributed by atoms with Gasteiger partial charge in [-0.3, -0.25) is 0 Å². The summed E-state index contributed by atoms with van der Waals surface area (Å²) >= 11 is 0. The summed E-state index contributed by atoms with van der Waals surface area (Å²) in [7, 11) is 4.18. The van der Waals surface area contributed by atoms with Crippen molar-refractivity contribution in [1.82, 2.24) is 20.4 Å². The molecule has 1 heterocycles. The van der Waals surface area contributed by atoms with Gasteiger partial charge in [0.05, 0.1) is 5.60 Å². The molecule has 6 heteroatoms. The largest absolute Gasteiger partial charge is 0.388 e. The fraction of sp³-hybridized carbons (Fsp3) is 0.941. The zero-order valence-corrected chi connectivity index (χ0v) is 15.6. The van der Waals surface area contributed by atoms with Gasteiger partial charge in [0.2, 0.25) is 0 Å². The van der Waals surface area contributed by atoms with Gasteiger partial charge in [-0.05, 0) is 39.8 Å². The van der Waals surface area contributed by atoms with Gasteiger partial charge in [0.1, 0.15) is 0 Å². The Balaban J connectivity index is 2.24. The van der Waals surface area contributed by atoms with E-state index in [-0.39, 0.29) is 24.5 Å². The average Bonchev–Trinajstić information content (AvgIpc) is 2.51. The van der Waals surface area contributed by atoms with E-state index >= 15 is 0 Å². The van der Waals surface area contributed by atoms with Crippen LogP contribution >= 0.6 is 0 Å². The molecule has 0 saturated carbocycles. The van der Waals surface area contributed by atoms with Crippen LogP contribution in [-0.4, -0.2) is 79.4 Å². The number of hydrogen-bond donors (Lipinski definition) is 3. The number of likely N-dealkylation sites (N-methyl/N-ethyl adjacent to an activating group) is 1. The average molecular weight is 329 g/mol. The molecule has 6 nitrogen and oxygen atoms in total. The monoisotopic (exact) mass is 328 g/mol. The zero-order valence-electron chi connectivity index (χ0n) is 15.6. The molecule has 2 amide bonds. The van der Waals surface area contributed by atoms with Gasteiger partial charge in [0, 0.05) is 38.8 Å². The zero-order chi connectivity index (χ0) is 17.5. The number of amides is 2. The van der Waals surface area contributed by atoms with Gasteiger partial charge >= 0.3 is 6.03 Å². The fourth-order valence-corrected chi connectivity index (χ4v) is 2.75. The SMILES string of the molecule is CCC(C)C(C)(O)CNC(=O)NC1CCN(CCN(C)C)CC1. The Labute approximate surface area is 141 Å². The maximum absolute atomic E-state index is 12.0. The van der Waals surface area contributed by atoms with E-state index in [1.807, 2.05) is 13.8 Å². The van der Waals surface area contributed by atoms with Crippen LogP contribution in [0.3, 0.4) is 0 Å². The van der Waals surface area contributed by atoms with Crippen LogP contribution in [-0.2, 0) is 0 Å². The van der Waals surface area contributed by atoms with Crippen molar-refractivity contribution in [2.45, 2.75) is 51.7 Å². The molecular weight excluding hydrogens is 292 g/mol. The van der Waals surface area contributed by atoms with Gasteiger partial charge in [0.25, 0.3) is 0 Å². The fourth-order valence-electron chi connectivity index (χ4n) is 2.75. The van der Waals surface area contributed by atoms with Crippen molar-refractivity contribution in [3.05, 3.63) is 0 Å². The minimum Gasteiger partial charge on any atom is -0.388 e. The first-order valence-electron chi connectivity index (χ1n) is 8.88. The Hall–Kier alpha value is -0.850. The quantitative estimate of drug-likeness (QED) is 0.624. The molecule has 0 radical (unpaired) electrons. The van der Waals surface area contributed by atoms with E-state index in [2.05, 4.69) is 34.5 Å². The minimum atomic E-state index is -0.859. The van der Waals surface area contributed by atoms with Gasteiger partial charge in [-0.1, -0.05) is 20.3 Å². The molecule has 1 aliphatic heterocycles. The van der Waals surface area contributed by atoms with E-state index in [4.69, 9.17) is 0 Å². The molecule has 1 aliphatic rings. The first-order chi connectivity index (χ1) is 10.7. The standard InChI is InChI=1S/C17H36N4O2/c1-6-14(2)17(3,23)13-18-16(22)19-15-7-9-21(10-8-15)12-11-20(4)5/h14-15,23H,6-13H2,1-5H3,(H2,18,19,22). The van der Waals surface area contributed by atoms with Crippen LogP contribution < -0.4 is 10.6 Å². The summed E-state index contributed by atoms with van der Waals surface area (Å²) in [5, 5.41) is 16.2. The second-order valence-electron chi connectivity index (χ2n) is 7.41. The molecule has 0 aromatic rings. The molecule has 1 rings (SSSR count). The molecule has 0 bridgehead atoms. The second kappa shape index (κ2) is 9.45. The van der Waals surface area contributed by atoms with E-state index < -0.39 is 5.60 Å². The Morgan fingerprint density at radius 2 is 2.00 bits per heavy atom. The van der Waals surface area contributed by atoms with Crippen LogP contribution in [0.2, 0.25) is 0 Å². The Morgan fingerprint density at radius 1 is 1.39 bits per heavy atom. The van der Waals surface area contributed by atoms with Crippen LogP contribution in [0, 0.1) is 5.92 Å². The molecular formula is C17H36N4O2. The number of urea groups is 1. The number of nitrogens with one attached hydrogen (secondary N) is 2. The van der Waals surface area contributed by atoms with Crippen molar-refractivity contribution < 1.29 is 9.90 Å². The van der Waals surface area contributed by atoms with E-state index in [1.54, 1.807) is 6.92 Å². The number of rotatable bonds is 8. The lowest BCUT2D eigenvalue weighted by atomic mass is 9.89. The number of piperidine rings is 1. The van der Waals surface area contributed by atoms with Crippen molar-refractivity contribution in [2.24, 2.45) is 5.92 Å². The van der Waals surface area contributed by atoms with Gasteiger partial charge in [-0.25, -0.2) is 4.79 Å². The molecule has 23 heavy (non-hydrogen) atoms. The molecule has 0 aliphatic carbocycles. The third-order valence-corrected chi connectivity index (χ3v) is 5.07. The maximum atomic E-state index is 12.0. The summed E-state index contributed by atoms with van der Waals surface area (Å²) in [5.74, 6) is 0.155. The van der Waals surface area contributed by atoms with E-state index in [9.17, 15) is 9.90 Å². The van der Waals surface area contributed by atoms with Crippen molar-refractivity contribution >= 4 is 6.03 Å². The van der Waals surface area contributed by atoms with Crippen LogP contribution in [0.1, 0.15) is 40.0 Å². The van der Waals surface area contributed by atoms with Crippen LogP contribution in [0.25, 0.3) is 0 Å². The van der Waals surface area contributed by atoms with Crippen molar-refractivity contribution in [3.63, 3.8) is 0 Å². The molecule has 0 aromatic carbocycles. The maximum Gasteiger partial charge on any atom is 0.315 e. The van der Waals surface area contributed by atoms with E-state index in [0.29, 0.717) is 0 Å². The predicted molar refractivity (Wildman–Crippen MR) is 94.6 cm³/mol. The summed E-state index contributed by atoms with van der Waals surface area (Å²) in [6.45, 7) is 10.3. The van der Waals surface area contributed by atoms with Crippen molar-refractivity contribution in [3.8, 4) is 0 Å². The number of hydrogen-bond acceptors (Lipinski definition) is 4. The second-order valence-corrected chi connectivity index (χ2v) is 7.41. The summed E-state index contributed by atoms with van der Waals surface area (Å²) in [5.41, 5.74) is -0.859. The smallest absolute Gasteiger partial charge is 0.315 e. The van der Waals surface area contributed by atoms with Crippen LogP contribution in [0.5, 0.6) is 0 Å². The molecule has 0 aromatic heterocycles. The topological polar surface area (TPSA) is 67.8 Å². The summed E-state index contributed by atoms with van der Waals surface area (Å²) in [4.78, 5) is 16.7. The Kier molecular flexibility index (Phi) is 8.29. The highest BCUT2D eigenvalue weighted by Crippen LogP contribution is 2.18. The summed E-state index contributed by atoms with van der Waals surface area (Å²) < 4.78 is 0. The van der Waals surface area contributed by atoms with E-state index in [0.717, 1.165) is 45.4 Å². The number of aliphatic hydroxyl groups is 1. The van der Waals surface area contributed by atoms with Crippen molar-refractivity contribution in [1.29, 1.82) is 0 Å². The lowest BCUT2D eigenvalue weighted by Gasteiger charge is -2.33. The number of carbonyl (C=O) groups excluding carboxylic acids is 1. The molecule has 1 saturated heterocycles. The van der Waals surface area contributed by atoms with Gasteiger partial charge in [-0.2, -0.15) is 0 Å². The first kappa shape index (κ1) is 20.2. The molecule has 136 valence electrons. The summed E-state index contributed by atoms with van der Waals surface area (Å²) in [6.07, 6.45) is 2.87. The molecule has 2 atom stereocenters. The van der Waals surface area contributed by atoms with Crippen molar-refractivity contribution in [2.75, 3.05) is 46.8 Å². The normalized spacial score (nSPS) is 21.0. The van der Waals surface area contributed by atoms with E-state index in [1.165, 1.54) is 0 Å². The highest BCUT2D eigenvalue weighted by atomic mass is 16.3. The molecule has 3 N–H and O–H groups in total. The first-order valence-corrected chi connectivity index (χ1v) is 8.88. The summed E-state index contributed by atoms with van der Waals surface area (Å²) in [6, 6.07) is 0.0690.